The molecule has 1 aromatic rings. The minimum Gasteiger partial charge on any atom is -0.545 e. The van der Waals surface area contributed by atoms with Crippen molar-refractivity contribution in [2.75, 3.05) is 0 Å². The van der Waals surface area contributed by atoms with E-state index in [-0.39, 0.29) is 17.9 Å². The molecule has 2 nitrogen and oxygen atoms in total. The van der Waals surface area contributed by atoms with E-state index in [2.05, 4.69) is 6.92 Å². The molecule has 1 fully saturated rings. The summed E-state index contributed by atoms with van der Waals surface area (Å²) in [6, 6.07) is 9.26. The zero-order valence-electron chi connectivity index (χ0n) is 14.8. The smallest absolute Gasteiger partial charge is 0.136 e. The van der Waals surface area contributed by atoms with Gasteiger partial charge in [-0.25, -0.2) is 4.39 Å². The van der Waals surface area contributed by atoms with Crippen LogP contribution in [0.25, 0.3) is 5.57 Å². The number of hydrogen-bond donors (Lipinski definition) is 0. The predicted molar refractivity (Wildman–Crippen MR) is 96.3 cm³/mol. The number of benzene rings is 1. The Bertz CT molecular complexity index is 669. The first kappa shape index (κ1) is 17.9. The average Bonchev–Trinajstić information content (AvgIpc) is 2.63. The van der Waals surface area contributed by atoms with Gasteiger partial charge in [-0.05, 0) is 41.9 Å². The molecule has 3 rings (SSSR count). The standard InChI is InChI=1S/C22H27FO2/c1-2-6-16-9-11-18(12-10-16)22(23)14-13-19(21(24)25)20(15-22)17-7-4-3-5-8-17/h3-5,7-8,13-14,16,18H,2,6,9-12,15H2,1H3,(H,24,25)/p-1. The molecule has 0 aliphatic heterocycles. The Kier molecular flexibility index (Phi) is 5.41. The number of aliphatic carboxylic acids is 1. The topological polar surface area (TPSA) is 40.1 Å². The molecule has 0 amide bonds. The lowest BCUT2D eigenvalue weighted by Gasteiger charge is -2.39. The molecule has 134 valence electrons. The van der Waals surface area contributed by atoms with Crippen LogP contribution in [0.4, 0.5) is 4.39 Å². The summed E-state index contributed by atoms with van der Waals surface area (Å²) < 4.78 is 15.8. The van der Waals surface area contributed by atoms with E-state index in [0.717, 1.165) is 37.2 Å². The average molecular weight is 341 g/mol. The summed E-state index contributed by atoms with van der Waals surface area (Å²) in [5, 5.41) is 11.5. The van der Waals surface area contributed by atoms with Gasteiger partial charge in [0.25, 0.3) is 0 Å². The van der Waals surface area contributed by atoms with Gasteiger partial charge in [-0.1, -0.05) is 69.0 Å². The number of alkyl halides is 1. The van der Waals surface area contributed by atoms with Crippen molar-refractivity contribution in [3.05, 3.63) is 53.6 Å². The second-order valence-electron chi connectivity index (χ2n) is 7.49. The normalized spacial score (nSPS) is 29.7. The molecule has 3 heteroatoms. The van der Waals surface area contributed by atoms with Gasteiger partial charge in [-0.3, -0.25) is 0 Å². The Balaban J connectivity index is 1.82. The summed E-state index contributed by atoms with van der Waals surface area (Å²) >= 11 is 0. The minimum atomic E-state index is -1.46. The molecule has 0 N–H and O–H groups in total. The van der Waals surface area contributed by atoms with E-state index >= 15 is 4.39 Å². The summed E-state index contributed by atoms with van der Waals surface area (Å²) in [7, 11) is 0. The second kappa shape index (κ2) is 7.55. The van der Waals surface area contributed by atoms with Crippen LogP contribution in [0.2, 0.25) is 0 Å². The first-order valence-electron chi connectivity index (χ1n) is 9.41. The van der Waals surface area contributed by atoms with Crippen molar-refractivity contribution in [3.63, 3.8) is 0 Å². The van der Waals surface area contributed by atoms with Crippen molar-refractivity contribution in [3.8, 4) is 0 Å². The third kappa shape index (κ3) is 3.86. The van der Waals surface area contributed by atoms with Crippen molar-refractivity contribution in [2.45, 2.75) is 57.5 Å². The third-order valence-corrected chi connectivity index (χ3v) is 5.86. The Morgan fingerprint density at radius 1 is 1.20 bits per heavy atom. The van der Waals surface area contributed by atoms with Crippen molar-refractivity contribution in [2.24, 2.45) is 11.8 Å². The van der Waals surface area contributed by atoms with Crippen LogP contribution in [-0.4, -0.2) is 11.6 Å². The quantitative estimate of drug-likeness (QED) is 0.793. The molecule has 0 saturated heterocycles. The van der Waals surface area contributed by atoms with Gasteiger partial charge in [0, 0.05) is 12.0 Å². The number of rotatable bonds is 5. The number of hydrogen-bond acceptors (Lipinski definition) is 2. The van der Waals surface area contributed by atoms with Crippen LogP contribution in [0.3, 0.4) is 0 Å². The zero-order chi connectivity index (χ0) is 17.9. The van der Waals surface area contributed by atoms with E-state index in [0.29, 0.717) is 5.57 Å². The summed E-state index contributed by atoms with van der Waals surface area (Å²) in [4.78, 5) is 11.5. The molecular formula is C22H26FO2-. The van der Waals surface area contributed by atoms with E-state index in [1.807, 2.05) is 30.3 Å². The van der Waals surface area contributed by atoms with Crippen molar-refractivity contribution >= 4 is 11.5 Å². The Hall–Kier alpha value is -1.90. The van der Waals surface area contributed by atoms with E-state index in [1.165, 1.54) is 25.0 Å². The van der Waals surface area contributed by atoms with Crippen LogP contribution in [0.5, 0.6) is 0 Å². The molecule has 1 atom stereocenters. The number of carbonyl (C=O) groups is 1. The molecule has 2 aliphatic carbocycles. The van der Waals surface area contributed by atoms with Gasteiger partial charge in [0.15, 0.2) is 0 Å². The number of allylic oxidation sites excluding steroid dienone is 2. The van der Waals surface area contributed by atoms with Crippen LogP contribution in [0.15, 0.2) is 48.1 Å². The van der Waals surface area contributed by atoms with E-state index in [9.17, 15) is 9.90 Å². The molecule has 0 spiro atoms. The zero-order valence-corrected chi connectivity index (χ0v) is 14.8. The first-order chi connectivity index (χ1) is 12.0. The van der Waals surface area contributed by atoms with Gasteiger partial charge in [0.1, 0.15) is 5.67 Å². The van der Waals surface area contributed by atoms with Gasteiger partial charge in [0.05, 0.1) is 5.97 Å². The van der Waals surface area contributed by atoms with Gasteiger partial charge in [0.2, 0.25) is 0 Å². The van der Waals surface area contributed by atoms with Gasteiger partial charge >= 0.3 is 0 Å². The molecule has 0 aromatic heterocycles. The number of halogens is 1. The molecule has 25 heavy (non-hydrogen) atoms. The van der Waals surface area contributed by atoms with Gasteiger partial charge in [-0.15, -0.1) is 0 Å². The molecule has 0 radical (unpaired) electrons. The maximum atomic E-state index is 15.8. The fourth-order valence-electron chi connectivity index (χ4n) is 4.46. The van der Waals surface area contributed by atoms with Crippen molar-refractivity contribution < 1.29 is 14.3 Å². The molecule has 0 heterocycles. The fraction of sp³-hybridized carbons (Fsp3) is 0.500. The van der Waals surface area contributed by atoms with E-state index in [4.69, 9.17) is 0 Å². The van der Waals surface area contributed by atoms with E-state index < -0.39 is 11.6 Å². The fourth-order valence-corrected chi connectivity index (χ4v) is 4.46. The largest absolute Gasteiger partial charge is 0.545 e. The van der Waals surface area contributed by atoms with Crippen LogP contribution < -0.4 is 5.11 Å². The maximum absolute atomic E-state index is 15.8. The molecular weight excluding hydrogens is 315 g/mol. The van der Waals surface area contributed by atoms with Crippen molar-refractivity contribution in [1.29, 1.82) is 0 Å². The summed E-state index contributed by atoms with van der Waals surface area (Å²) in [5.74, 6) is -0.539. The van der Waals surface area contributed by atoms with Crippen LogP contribution in [0.1, 0.15) is 57.4 Å². The number of carbonyl (C=O) groups excluding carboxylic acids is 1. The monoisotopic (exact) mass is 341 g/mol. The highest BCUT2D eigenvalue weighted by Gasteiger charge is 2.41. The lowest BCUT2D eigenvalue weighted by molar-refractivity contribution is -0.298. The molecule has 0 bridgehead atoms. The Morgan fingerprint density at radius 3 is 2.48 bits per heavy atom. The summed E-state index contributed by atoms with van der Waals surface area (Å²) in [5.41, 5.74) is -0.0189. The highest BCUT2D eigenvalue weighted by atomic mass is 19.1. The molecule has 1 aromatic carbocycles. The second-order valence-corrected chi connectivity index (χ2v) is 7.49. The minimum absolute atomic E-state index is 0.0288. The lowest BCUT2D eigenvalue weighted by atomic mass is 9.69. The summed E-state index contributed by atoms with van der Waals surface area (Å²) in [6.07, 6.45) is 9.38. The number of carboxylic acid groups (broad SMARTS) is 1. The third-order valence-electron chi connectivity index (χ3n) is 5.86. The molecule has 1 saturated carbocycles. The highest BCUT2D eigenvalue weighted by Crippen LogP contribution is 2.46. The van der Waals surface area contributed by atoms with Crippen LogP contribution >= 0.6 is 0 Å². The first-order valence-corrected chi connectivity index (χ1v) is 9.41. The highest BCUT2D eigenvalue weighted by molar-refractivity contribution is 5.99. The summed E-state index contributed by atoms with van der Waals surface area (Å²) in [6.45, 7) is 2.20. The van der Waals surface area contributed by atoms with Gasteiger partial charge < -0.3 is 9.90 Å². The van der Waals surface area contributed by atoms with Gasteiger partial charge in [-0.2, -0.15) is 0 Å². The lowest BCUT2D eigenvalue weighted by Crippen LogP contribution is -2.37. The Morgan fingerprint density at radius 2 is 1.88 bits per heavy atom. The molecule has 2 aliphatic rings. The molecule has 1 unspecified atom stereocenters. The maximum Gasteiger partial charge on any atom is 0.136 e. The number of carboxylic acids is 1. The Labute approximate surface area is 149 Å². The SMILES string of the molecule is CCCC1CCC(C2(F)C=CC(C(=O)[O-])=C(c3ccccc3)C2)CC1. The van der Waals surface area contributed by atoms with E-state index in [1.54, 1.807) is 0 Å². The van der Waals surface area contributed by atoms with Crippen LogP contribution in [-0.2, 0) is 4.79 Å². The van der Waals surface area contributed by atoms with Crippen LogP contribution in [0, 0.1) is 11.8 Å². The predicted octanol–water partition coefficient (Wildman–Crippen LogP) is 4.46. The van der Waals surface area contributed by atoms with Crippen molar-refractivity contribution in [1.82, 2.24) is 0 Å².